The molecule has 0 radical (unpaired) electrons. The van der Waals surface area contributed by atoms with E-state index in [-0.39, 0.29) is 36.2 Å². The molecule has 0 aromatic heterocycles. The summed E-state index contributed by atoms with van der Waals surface area (Å²) in [5, 5.41) is 15.3. The van der Waals surface area contributed by atoms with Crippen LogP contribution in [0.15, 0.2) is 42.5 Å². The Hall–Kier alpha value is -2.64. The minimum absolute atomic E-state index is 0.0224. The van der Waals surface area contributed by atoms with E-state index in [2.05, 4.69) is 5.32 Å². The molecule has 1 N–H and O–H groups in total. The van der Waals surface area contributed by atoms with E-state index < -0.39 is 16.9 Å². The molecule has 2 aromatic rings. The average molecular weight is 492 g/mol. The first-order valence-corrected chi connectivity index (χ1v) is 11.8. The van der Waals surface area contributed by atoms with E-state index in [1.807, 2.05) is 6.92 Å². The largest absolute Gasteiger partial charge is 0.352 e. The molecule has 0 bridgehead atoms. The van der Waals surface area contributed by atoms with E-state index in [0.29, 0.717) is 22.0 Å². The fraction of sp³-hybridized carbons (Fsp3) is 0.417. The van der Waals surface area contributed by atoms with Crippen LogP contribution in [0.5, 0.6) is 0 Å². The minimum atomic E-state index is -0.756. The lowest BCUT2D eigenvalue weighted by Gasteiger charge is -2.32. The minimum Gasteiger partial charge on any atom is -0.352 e. The van der Waals surface area contributed by atoms with Crippen LogP contribution in [0.3, 0.4) is 0 Å². The number of rotatable bonds is 9. The number of carbonyl (C=O) groups is 2. The second-order valence-electron chi connectivity index (χ2n) is 8.20. The van der Waals surface area contributed by atoms with Crippen LogP contribution in [-0.4, -0.2) is 33.7 Å². The summed E-state index contributed by atoms with van der Waals surface area (Å²) in [5.41, 5.74) is 0.683. The fourth-order valence-corrected chi connectivity index (χ4v) is 4.76. The normalized spacial score (nSPS) is 14.6. The third kappa shape index (κ3) is 6.24. The monoisotopic (exact) mass is 491 g/mol. The van der Waals surface area contributed by atoms with Crippen molar-refractivity contribution in [1.29, 1.82) is 0 Å². The number of carbonyl (C=O) groups excluding carboxylic acids is 2. The predicted octanol–water partition coefficient (Wildman–Crippen LogP) is 5.31. The Bertz CT molecular complexity index is 1000. The molecule has 9 heteroatoms. The molecule has 1 atom stereocenters. The van der Waals surface area contributed by atoms with E-state index in [4.69, 9.17) is 23.2 Å². The first kappa shape index (κ1) is 25.0. The zero-order chi connectivity index (χ0) is 24.0. The molecule has 1 aliphatic rings. The van der Waals surface area contributed by atoms with E-state index >= 15 is 0 Å². The first-order chi connectivity index (χ1) is 15.8. The number of para-hydroxylation sites is 1. The van der Waals surface area contributed by atoms with E-state index in [1.54, 1.807) is 36.4 Å². The smallest absolute Gasteiger partial charge is 0.273 e. The van der Waals surface area contributed by atoms with Crippen LogP contribution in [0.25, 0.3) is 0 Å². The third-order valence-electron chi connectivity index (χ3n) is 6.01. The van der Waals surface area contributed by atoms with Crippen LogP contribution in [-0.2, 0) is 22.6 Å². The highest BCUT2D eigenvalue weighted by Crippen LogP contribution is 2.28. The van der Waals surface area contributed by atoms with Crippen molar-refractivity contribution in [3.63, 3.8) is 0 Å². The number of amides is 2. The van der Waals surface area contributed by atoms with Gasteiger partial charge in [0.2, 0.25) is 11.8 Å². The van der Waals surface area contributed by atoms with Crippen LogP contribution < -0.4 is 5.32 Å². The first-order valence-electron chi connectivity index (χ1n) is 11.1. The summed E-state index contributed by atoms with van der Waals surface area (Å²) in [6.45, 7) is 1.85. The van der Waals surface area contributed by atoms with Crippen molar-refractivity contribution in [1.82, 2.24) is 10.2 Å². The molecular formula is C24H27Cl2N3O4. The summed E-state index contributed by atoms with van der Waals surface area (Å²) in [6.07, 6.45) is 4.13. The molecule has 2 amide bonds. The summed E-state index contributed by atoms with van der Waals surface area (Å²) < 4.78 is 0. The quantitative estimate of drug-likeness (QED) is 0.379. The summed E-state index contributed by atoms with van der Waals surface area (Å²) in [7, 11) is 0. The van der Waals surface area contributed by atoms with Gasteiger partial charge in [0.15, 0.2) is 0 Å². The molecule has 3 rings (SSSR count). The van der Waals surface area contributed by atoms with Crippen molar-refractivity contribution >= 4 is 40.7 Å². The Balaban J connectivity index is 1.92. The van der Waals surface area contributed by atoms with Crippen molar-refractivity contribution < 1.29 is 14.5 Å². The molecule has 1 aliphatic carbocycles. The molecule has 0 aliphatic heterocycles. The number of halogens is 2. The Labute approximate surface area is 203 Å². The zero-order valence-electron chi connectivity index (χ0n) is 18.4. The zero-order valence-corrected chi connectivity index (χ0v) is 19.9. The van der Waals surface area contributed by atoms with Gasteiger partial charge in [-0.1, -0.05) is 67.2 Å². The van der Waals surface area contributed by atoms with E-state index in [1.165, 1.54) is 11.0 Å². The molecule has 1 fully saturated rings. The van der Waals surface area contributed by atoms with Crippen LogP contribution in [0.4, 0.5) is 5.69 Å². The summed E-state index contributed by atoms with van der Waals surface area (Å²) in [6, 6.07) is 10.5. The number of benzene rings is 2. The van der Waals surface area contributed by atoms with Crippen LogP contribution in [0.1, 0.15) is 50.2 Å². The van der Waals surface area contributed by atoms with Gasteiger partial charge in [-0.05, 0) is 31.4 Å². The van der Waals surface area contributed by atoms with Gasteiger partial charge in [-0.25, -0.2) is 0 Å². The second-order valence-corrected chi connectivity index (χ2v) is 9.01. The molecule has 2 aromatic carbocycles. The Morgan fingerprint density at radius 3 is 2.36 bits per heavy atom. The Kier molecular flexibility index (Phi) is 8.69. The highest BCUT2D eigenvalue weighted by molar-refractivity contribution is 6.36. The number of nitro benzene ring substituents is 1. The van der Waals surface area contributed by atoms with Crippen LogP contribution in [0.2, 0.25) is 10.0 Å². The number of hydrogen-bond donors (Lipinski definition) is 1. The SMILES string of the molecule is CC[C@H](C(=O)NC1CCCC1)N(Cc1c(Cl)cccc1Cl)C(=O)Cc1ccccc1[N+](=O)[O-]. The molecule has 176 valence electrons. The molecule has 0 saturated heterocycles. The van der Waals surface area contributed by atoms with Crippen LogP contribution in [0, 0.1) is 10.1 Å². The van der Waals surface area contributed by atoms with Gasteiger partial charge in [0.25, 0.3) is 5.69 Å². The number of nitro groups is 1. The maximum absolute atomic E-state index is 13.5. The third-order valence-corrected chi connectivity index (χ3v) is 6.72. The topological polar surface area (TPSA) is 92.6 Å². The van der Waals surface area contributed by atoms with Crippen molar-refractivity contribution in [2.24, 2.45) is 0 Å². The van der Waals surface area contributed by atoms with Crippen molar-refractivity contribution in [3.05, 3.63) is 73.8 Å². The molecule has 1 saturated carbocycles. The van der Waals surface area contributed by atoms with Crippen LogP contribution >= 0.6 is 23.2 Å². The van der Waals surface area contributed by atoms with Gasteiger partial charge in [0.1, 0.15) is 6.04 Å². The molecular weight excluding hydrogens is 465 g/mol. The number of hydrogen-bond acceptors (Lipinski definition) is 4. The molecule has 7 nitrogen and oxygen atoms in total. The average Bonchev–Trinajstić information content (AvgIpc) is 3.28. The van der Waals surface area contributed by atoms with Gasteiger partial charge < -0.3 is 10.2 Å². The lowest BCUT2D eigenvalue weighted by Crippen LogP contribution is -2.51. The molecule has 0 spiro atoms. The molecule has 0 heterocycles. The standard InChI is InChI=1S/C24H27Cl2N3O4/c1-2-21(24(31)27-17-9-4-5-10-17)28(15-18-19(25)11-7-12-20(18)26)23(30)14-16-8-3-6-13-22(16)29(32)33/h3,6-8,11-13,17,21H,2,4-5,9-10,14-15H2,1H3,(H,27,31)/t21-/m1/s1. The fourth-order valence-electron chi connectivity index (χ4n) is 4.24. The Morgan fingerprint density at radius 1 is 1.12 bits per heavy atom. The van der Waals surface area contributed by atoms with Gasteiger partial charge in [-0.3, -0.25) is 19.7 Å². The highest BCUT2D eigenvalue weighted by atomic mass is 35.5. The maximum atomic E-state index is 13.5. The Morgan fingerprint density at radius 2 is 1.76 bits per heavy atom. The lowest BCUT2D eigenvalue weighted by molar-refractivity contribution is -0.385. The summed E-state index contributed by atoms with van der Waals surface area (Å²) >= 11 is 12.7. The number of nitrogens with zero attached hydrogens (tertiary/aromatic N) is 2. The van der Waals surface area contributed by atoms with Crippen molar-refractivity contribution in [2.75, 3.05) is 0 Å². The van der Waals surface area contributed by atoms with Gasteiger partial charge >= 0.3 is 0 Å². The van der Waals surface area contributed by atoms with Gasteiger partial charge in [-0.2, -0.15) is 0 Å². The summed E-state index contributed by atoms with van der Waals surface area (Å²) in [4.78, 5) is 39.0. The van der Waals surface area contributed by atoms with Gasteiger partial charge in [-0.15, -0.1) is 0 Å². The summed E-state index contributed by atoms with van der Waals surface area (Å²) in [5.74, 6) is -0.641. The van der Waals surface area contributed by atoms with Gasteiger partial charge in [0.05, 0.1) is 11.3 Å². The maximum Gasteiger partial charge on any atom is 0.273 e. The van der Waals surface area contributed by atoms with Gasteiger partial charge in [0, 0.05) is 39.8 Å². The predicted molar refractivity (Wildman–Crippen MR) is 128 cm³/mol. The number of nitrogens with one attached hydrogen (secondary N) is 1. The van der Waals surface area contributed by atoms with E-state index in [9.17, 15) is 19.7 Å². The van der Waals surface area contributed by atoms with Crippen molar-refractivity contribution in [3.8, 4) is 0 Å². The molecule has 0 unspecified atom stereocenters. The van der Waals surface area contributed by atoms with Crippen molar-refractivity contribution in [2.45, 2.75) is 64.1 Å². The van der Waals surface area contributed by atoms with E-state index in [0.717, 1.165) is 25.7 Å². The lowest BCUT2D eigenvalue weighted by atomic mass is 10.0. The second kappa shape index (κ2) is 11.5. The molecule has 33 heavy (non-hydrogen) atoms. The highest BCUT2D eigenvalue weighted by Gasteiger charge is 2.32.